The van der Waals surface area contributed by atoms with Gasteiger partial charge in [-0.3, -0.25) is 4.79 Å². The molecule has 0 N–H and O–H groups in total. The zero-order valence-corrected chi connectivity index (χ0v) is 7.82. The number of urea groups is 1. The minimum absolute atomic E-state index is 0.0534. The van der Waals surface area contributed by atoms with Crippen LogP contribution in [-0.4, -0.2) is 47.3 Å². The Hall–Kier alpha value is -1.06. The molecule has 2 amide bonds. The molecule has 0 atom stereocenters. The van der Waals surface area contributed by atoms with Gasteiger partial charge in [0, 0.05) is 19.1 Å². The average molecular weight is 182 g/mol. The number of Topliss-reactive ketones (excluding diaryl/α,β-unsaturated/α-hetero) is 1. The standard InChI is InChI=1S/C9H14N2O2/c1-7(12)6-10-4-5-11(9(10)13)8-2-3-8/h8H,2-6H2,1H3. The molecule has 4 nitrogen and oxygen atoms in total. The van der Waals surface area contributed by atoms with Crippen LogP contribution < -0.4 is 0 Å². The van der Waals surface area contributed by atoms with Crippen LogP contribution in [0.25, 0.3) is 0 Å². The fourth-order valence-electron chi connectivity index (χ4n) is 1.74. The number of carbonyl (C=O) groups is 2. The molecule has 0 radical (unpaired) electrons. The van der Waals surface area contributed by atoms with E-state index in [2.05, 4.69) is 0 Å². The molecule has 1 aliphatic carbocycles. The number of rotatable bonds is 3. The van der Waals surface area contributed by atoms with E-state index in [1.807, 2.05) is 4.90 Å². The zero-order chi connectivity index (χ0) is 9.42. The first-order chi connectivity index (χ1) is 6.18. The number of hydrogen-bond acceptors (Lipinski definition) is 2. The minimum Gasteiger partial charge on any atom is -0.320 e. The molecule has 13 heavy (non-hydrogen) atoms. The predicted octanol–water partition coefficient (Wildman–Crippen LogP) is 0.475. The molecule has 0 aromatic carbocycles. The molecule has 0 unspecified atom stereocenters. The first kappa shape index (κ1) is 8.53. The molecule has 2 fully saturated rings. The second kappa shape index (κ2) is 3.01. The van der Waals surface area contributed by atoms with Gasteiger partial charge in [-0.15, -0.1) is 0 Å². The van der Waals surface area contributed by atoms with Crippen molar-refractivity contribution in [2.45, 2.75) is 25.8 Å². The Bertz CT molecular complexity index is 248. The van der Waals surface area contributed by atoms with Crippen LogP contribution in [0, 0.1) is 0 Å². The van der Waals surface area contributed by atoms with Crippen LogP contribution in [-0.2, 0) is 4.79 Å². The van der Waals surface area contributed by atoms with Gasteiger partial charge in [0.2, 0.25) is 0 Å². The molecule has 0 aromatic rings. The van der Waals surface area contributed by atoms with Crippen molar-refractivity contribution in [2.75, 3.05) is 19.6 Å². The minimum atomic E-state index is 0.0534. The molecule has 1 heterocycles. The van der Waals surface area contributed by atoms with Crippen molar-refractivity contribution in [1.29, 1.82) is 0 Å². The van der Waals surface area contributed by atoms with Crippen LogP contribution in [0.5, 0.6) is 0 Å². The molecule has 0 spiro atoms. The Morgan fingerprint density at radius 3 is 2.69 bits per heavy atom. The highest BCUT2D eigenvalue weighted by atomic mass is 16.2. The average Bonchev–Trinajstić information content (AvgIpc) is 2.81. The lowest BCUT2D eigenvalue weighted by atomic mass is 10.4. The van der Waals surface area contributed by atoms with Gasteiger partial charge < -0.3 is 9.80 Å². The fourth-order valence-corrected chi connectivity index (χ4v) is 1.74. The summed E-state index contributed by atoms with van der Waals surface area (Å²) in [6.07, 6.45) is 2.28. The lowest BCUT2D eigenvalue weighted by Gasteiger charge is -2.16. The Kier molecular flexibility index (Phi) is 1.98. The maximum absolute atomic E-state index is 11.6. The Labute approximate surface area is 77.5 Å². The second-order valence-electron chi connectivity index (χ2n) is 3.83. The van der Waals surface area contributed by atoms with Crippen molar-refractivity contribution in [3.05, 3.63) is 0 Å². The summed E-state index contributed by atoms with van der Waals surface area (Å²) >= 11 is 0. The fraction of sp³-hybridized carbons (Fsp3) is 0.778. The van der Waals surface area contributed by atoms with Crippen LogP contribution in [0.2, 0.25) is 0 Å². The van der Waals surface area contributed by atoms with E-state index < -0.39 is 0 Å². The summed E-state index contributed by atoms with van der Waals surface area (Å²) in [6.45, 7) is 3.32. The van der Waals surface area contributed by atoms with Gasteiger partial charge in [0.25, 0.3) is 0 Å². The predicted molar refractivity (Wildman–Crippen MR) is 47.4 cm³/mol. The third-order valence-corrected chi connectivity index (χ3v) is 2.53. The largest absolute Gasteiger partial charge is 0.320 e. The van der Waals surface area contributed by atoms with Gasteiger partial charge in [0.05, 0.1) is 6.54 Å². The first-order valence-corrected chi connectivity index (χ1v) is 4.73. The first-order valence-electron chi connectivity index (χ1n) is 4.73. The summed E-state index contributed by atoms with van der Waals surface area (Å²) in [5, 5.41) is 0. The second-order valence-corrected chi connectivity index (χ2v) is 3.83. The Balaban J connectivity index is 1.93. The number of amides is 2. The molecule has 2 aliphatic rings. The summed E-state index contributed by atoms with van der Waals surface area (Å²) in [5.41, 5.74) is 0. The van der Waals surface area contributed by atoms with Crippen LogP contribution in [0.15, 0.2) is 0 Å². The van der Waals surface area contributed by atoms with Gasteiger partial charge in [-0.05, 0) is 19.8 Å². The quantitative estimate of drug-likeness (QED) is 0.636. The molecule has 1 aliphatic heterocycles. The Morgan fingerprint density at radius 1 is 1.46 bits per heavy atom. The summed E-state index contributed by atoms with van der Waals surface area (Å²) < 4.78 is 0. The molecule has 1 saturated heterocycles. The van der Waals surface area contributed by atoms with E-state index in [4.69, 9.17) is 0 Å². The van der Waals surface area contributed by atoms with Gasteiger partial charge in [-0.25, -0.2) is 4.79 Å². The lowest BCUT2D eigenvalue weighted by molar-refractivity contribution is -0.117. The molecular weight excluding hydrogens is 168 g/mol. The SMILES string of the molecule is CC(=O)CN1CCN(C2CC2)C1=O. The van der Waals surface area contributed by atoms with Crippen LogP contribution in [0.3, 0.4) is 0 Å². The van der Waals surface area contributed by atoms with E-state index in [0.717, 1.165) is 25.9 Å². The number of ketones is 1. The van der Waals surface area contributed by atoms with E-state index >= 15 is 0 Å². The van der Waals surface area contributed by atoms with Crippen LogP contribution in [0.4, 0.5) is 4.79 Å². The van der Waals surface area contributed by atoms with E-state index in [9.17, 15) is 9.59 Å². The molecule has 0 aromatic heterocycles. The monoisotopic (exact) mass is 182 g/mol. The normalized spacial score (nSPS) is 22.7. The van der Waals surface area contributed by atoms with Crippen molar-refractivity contribution in [2.24, 2.45) is 0 Å². The van der Waals surface area contributed by atoms with Gasteiger partial charge in [-0.2, -0.15) is 0 Å². The maximum atomic E-state index is 11.6. The molecule has 2 rings (SSSR count). The van der Waals surface area contributed by atoms with E-state index in [1.165, 1.54) is 6.92 Å². The van der Waals surface area contributed by atoms with Gasteiger partial charge in [0.15, 0.2) is 0 Å². The summed E-state index contributed by atoms with van der Waals surface area (Å²) in [6, 6.07) is 0.530. The lowest BCUT2D eigenvalue weighted by Crippen LogP contribution is -2.35. The Morgan fingerprint density at radius 2 is 2.15 bits per heavy atom. The van der Waals surface area contributed by atoms with Gasteiger partial charge in [-0.1, -0.05) is 0 Å². The van der Waals surface area contributed by atoms with E-state index in [1.54, 1.807) is 4.90 Å². The molecule has 4 heteroatoms. The van der Waals surface area contributed by atoms with Crippen molar-refractivity contribution < 1.29 is 9.59 Å². The smallest absolute Gasteiger partial charge is 0.320 e. The molecule has 1 saturated carbocycles. The highest BCUT2D eigenvalue weighted by Crippen LogP contribution is 2.29. The molecule has 0 bridgehead atoms. The number of nitrogens with zero attached hydrogens (tertiary/aromatic N) is 2. The van der Waals surface area contributed by atoms with Crippen molar-refractivity contribution >= 4 is 11.8 Å². The highest BCUT2D eigenvalue weighted by Gasteiger charge is 2.38. The summed E-state index contributed by atoms with van der Waals surface area (Å²) in [7, 11) is 0. The highest BCUT2D eigenvalue weighted by molar-refractivity contribution is 5.85. The van der Waals surface area contributed by atoms with Crippen LogP contribution >= 0.6 is 0 Å². The zero-order valence-electron chi connectivity index (χ0n) is 7.82. The van der Waals surface area contributed by atoms with Crippen LogP contribution in [0.1, 0.15) is 19.8 Å². The van der Waals surface area contributed by atoms with Gasteiger partial charge >= 0.3 is 6.03 Å². The van der Waals surface area contributed by atoms with Crippen molar-refractivity contribution in [3.8, 4) is 0 Å². The molecular formula is C9H14N2O2. The van der Waals surface area contributed by atoms with Crippen molar-refractivity contribution in [1.82, 2.24) is 9.80 Å². The number of hydrogen-bond donors (Lipinski definition) is 0. The third kappa shape index (κ3) is 1.66. The topological polar surface area (TPSA) is 40.6 Å². The molecule has 72 valence electrons. The van der Waals surface area contributed by atoms with E-state index in [0.29, 0.717) is 6.04 Å². The number of carbonyl (C=O) groups excluding carboxylic acids is 2. The summed E-state index contributed by atoms with van der Waals surface area (Å²) in [4.78, 5) is 26.0. The maximum Gasteiger partial charge on any atom is 0.320 e. The van der Waals surface area contributed by atoms with Crippen molar-refractivity contribution in [3.63, 3.8) is 0 Å². The third-order valence-electron chi connectivity index (χ3n) is 2.53. The summed E-state index contributed by atoms with van der Waals surface area (Å²) in [5.74, 6) is 0.0611. The van der Waals surface area contributed by atoms with E-state index in [-0.39, 0.29) is 18.4 Å². The van der Waals surface area contributed by atoms with Gasteiger partial charge in [0.1, 0.15) is 5.78 Å².